The van der Waals surface area contributed by atoms with E-state index in [2.05, 4.69) is 183 Å². The van der Waals surface area contributed by atoms with E-state index in [4.69, 9.17) is 4.42 Å². The van der Waals surface area contributed by atoms with Crippen LogP contribution in [0.25, 0.3) is 66.1 Å². The van der Waals surface area contributed by atoms with E-state index in [0.29, 0.717) is 0 Å². The van der Waals surface area contributed by atoms with Gasteiger partial charge in [0.05, 0.1) is 0 Å². The predicted octanol–water partition coefficient (Wildman–Crippen LogP) is 13.8. The van der Waals surface area contributed by atoms with E-state index in [1.54, 1.807) is 0 Å². The molecular formula is C49H35NO. The highest BCUT2D eigenvalue weighted by molar-refractivity contribution is 6.06. The van der Waals surface area contributed by atoms with Gasteiger partial charge in [-0.25, -0.2) is 0 Å². The summed E-state index contributed by atoms with van der Waals surface area (Å²) in [6.07, 6.45) is 0. The van der Waals surface area contributed by atoms with Crippen LogP contribution < -0.4 is 4.90 Å². The Hall–Kier alpha value is -6.38. The fourth-order valence-corrected chi connectivity index (χ4v) is 8.28. The smallest absolute Gasteiger partial charge is 0.135 e. The zero-order chi connectivity index (χ0) is 34.1. The molecule has 2 nitrogen and oxygen atoms in total. The van der Waals surface area contributed by atoms with Crippen LogP contribution >= 0.6 is 0 Å². The molecule has 0 bridgehead atoms. The van der Waals surface area contributed by atoms with E-state index in [1.165, 1.54) is 44.2 Å². The Morgan fingerprint density at radius 1 is 0.392 bits per heavy atom. The number of hydrogen-bond donors (Lipinski definition) is 0. The van der Waals surface area contributed by atoms with E-state index < -0.39 is 0 Å². The Labute approximate surface area is 297 Å². The maximum absolute atomic E-state index is 6.15. The molecule has 0 saturated heterocycles. The maximum atomic E-state index is 6.15. The summed E-state index contributed by atoms with van der Waals surface area (Å²) in [7, 11) is 0. The molecule has 0 unspecified atom stereocenters. The maximum Gasteiger partial charge on any atom is 0.135 e. The molecule has 0 amide bonds. The number of hydrogen-bond acceptors (Lipinski definition) is 2. The zero-order valence-corrected chi connectivity index (χ0v) is 28.6. The largest absolute Gasteiger partial charge is 0.456 e. The summed E-state index contributed by atoms with van der Waals surface area (Å²) in [4.78, 5) is 2.40. The Morgan fingerprint density at radius 2 is 1.02 bits per heavy atom. The van der Waals surface area contributed by atoms with Gasteiger partial charge in [0, 0.05) is 33.2 Å². The summed E-state index contributed by atoms with van der Waals surface area (Å²) >= 11 is 0. The normalized spacial score (nSPS) is 13.1. The van der Waals surface area contributed by atoms with Gasteiger partial charge in [0.25, 0.3) is 0 Å². The number of anilines is 3. The second kappa shape index (κ2) is 11.3. The van der Waals surface area contributed by atoms with Gasteiger partial charge in [-0.1, -0.05) is 135 Å². The first-order valence-electron chi connectivity index (χ1n) is 17.7. The third kappa shape index (κ3) is 4.71. The van der Waals surface area contributed by atoms with E-state index in [1.807, 2.05) is 12.1 Å². The van der Waals surface area contributed by atoms with Crippen LogP contribution in [0.1, 0.15) is 25.0 Å². The number of rotatable bonds is 5. The summed E-state index contributed by atoms with van der Waals surface area (Å²) in [5.41, 5.74) is 15.2. The number of fused-ring (bicyclic) bond motifs is 7. The number of benzene rings is 8. The molecule has 8 aromatic carbocycles. The lowest BCUT2D eigenvalue weighted by Crippen LogP contribution is -2.16. The van der Waals surface area contributed by atoms with Crippen molar-refractivity contribution in [3.05, 3.63) is 187 Å². The van der Waals surface area contributed by atoms with Gasteiger partial charge in [-0.15, -0.1) is 0 Å². The molecule has 1 aliphatic rings. The monoisotopic (exact) mass is 653 g/mol. The van der Waals surface area contributed by atoms with Gasteiger partial charge in [0.2, 0.25) is 0 Å². The fraction of sp³-hybridized carbons (Fsp3) is 0.0612. The average molecular weight is 654 g/mol. The van der Waals surface area contributed by atoms with Crippen LogP contribution in [-0.4, -0.2) is 0 Å². The molecule has 0 aliphatic heterocycles. The van der Waals surface area contributed by atoms with Gasteiger partial charge in [-0.05, 0) is 110 Å². The van der Waals surface area contributed by atoms with Crippen LogP contribution in [0.5, 0.6) is 0 Å². The molecule has 10 rings (SSSR count). The predicted molar refractivity (Wildman–Crippen MR) is 214 cm³/mol. The van der Waals surface area contributed by atoms with Gasteiger partial charge >= 0.3 is 0 Å². The van der Waals surface area contributed by atoms with Crippen molar-refractivity contribution in [1.29, 1.82) is 0 Å². The highest BCUT2D eigenvalue weighted by atomic mass is 16.3. The van der Waals surface area contributed by atoms with Crippen LogP contribution in [0.2, 0.25) is 0 Å². The van der Waals surface area contributed by atoms with Crippen molar-refractivity contribution in [2.45, 2.75) is 19.3 Å². The molecule has 0 N–H and O–H groups in total. The Kier molecular flexibility index (Phi) is 6.56. The second-order valence-electron chi connectivity index (χ2n) is 14.2. The molecule has 0 atom stereocenters. The first kappa shape index (κ1) is 29.5. The van der Waals surface area contributed by atoms with Crippen LogP contribution in [0, 0.1) is 0 Å². The minimum Gasteiger partial charge on any atom is -0.456 e. The Balaban J connectivity index is 1.12. The molecule has 9 aromatic rings. The molecule has 1 aromatic heterocycles. The standard InChI is InChI=1S/C49H35NO/c1-49(2)45-19-7-5-16-41(45)42-27-26-38(31-46(42)49)50(36-24-21-33(22-25-36)40-18-10-12-32-11-3-4-15-39(32)40)37-14-9-13-34(29-37)35-23-28-48-44(30-35)43-17-6-8-20-47(43)51-48/h3-31H,1-2H3. The second-order valence-corrected chi connectivity index (χ2v) is 14.2. The summed E-state index contributed by atoms with van der Waals surface area (Å²) in [6, 6.07) is 63.8. The SMILES string of the molecule is CC1(C)c2ccccc2-c2ccc(N(c3ccc(-c4cccc5ccccc45)cc3)c3cccc(-c4ccc5oc6ccccc6c5c4)c3)cc21. The summed E-state index contributed by atoms with van der Waals surface area (Å²) in [5.74, 6) is 0. The van der Waals surface area contributed by atoms with E-state index in [0.717, 1.165) is 50.1 Å². The molecule has 0 spiro atoms. The zero-order valence-electron chi connectivity index (χ0n) is 28.6. The van der Waals surface area contributed by atoms with Crippen molar-refractivity contribution in [2.75, 3.05) is 4.90 Å². The minimum absolute atomic E-state index is 0.101. The van der Waals surface area contributed by atoms with Crippen molar-refractivity contribution in [2.24, 2.45) is 0 Å². The molecule has 242 valence electrons. The van der Waals surface area contributed by atoms with E-state index in [9.17, 15) is 0 Å². The molecule has 0 fully saturated rings. The highest BCUT2D eigenvalue weighted by Crippen LogP contribution is 2.51. The van der Waals surface area contributed by atoms with Gasteiger partial charge < -0.3 is 9.32 Å². The van der Waals surface area contributed by atoms with Crippen molar-refractivity contribution in [3.8, 4) is 33.4 Å². The number of para-hydroxylation sites is 1. The summed E-state index contributed by atoms with van der Waals surface area (Å²) in [5, 5.41) is 4.79. The summed E-state index contributed by atoms with van der Waals surface area (Å²) in [6.45, 7) is 4.70. The molecule has 0 saturated carbocycles. The van der Waals surface area contributed by atoms with Crippen LogP contribution in [-0.2, 0) is 5.41 Å². The van der Waals surface area contributed by atoms with Crippen molar-refractivity contribution in [3.63, 3.8) is 0 Å². The van der Waals surface area contributed by atoms with Crippen LogP contribution in [0.4, 0.5) is 17.1 Å². The van der Waals surface area contributed by atoms with Gasteiger partial charge in [-0.3, -0.25) is 0 Å². The van der Waals surface area contributed by atoms with Crippen molar-refractivity contribution in [1.82, 2.24) is 0 Å². The third-order valence-electron chi connectivity index (χ3n) is 10.9. The number of nitrogens with zero attached hydrogens (tertiary/aromatic N) is 1. The Bertz CT molecular complexity index is 2780. The average Bonchev–Trinajstić information content (AvgIpc) is 3.66. The third-order valence-corrected chi connectivity index (χ3v) is 10.9. The quantitative estimate of drug-likeness (QED) is 0.184. The highest BCUT2D eigenvalue weighted by Gasteiger charge is 2.35. The Morgan fingerprint density at radius 3 is 1.92 bits per heavy atom. The van der Waals surface area contributed by atoms with Crippen molar-refractivity contribution >= 4 is 49.8 Å². The molecule has 1 heterocycles. The molecule has 2 heteroatoms. The number of furan rings is 1. The summed E-state index contributed by atoms with van der Waals surface area (Å²) < 4.78 is 6.15. The van der Waals surface area contributed by atoms with E-state index >= 15 is 0 Å². The lowest BCUT2D eigenvalue weighted by Gasteiger charge is -2.28. The first-order chi connectivity index (χ1) is 25.0. The van der Waals surface area contributed by atoms with Crippen LogP contribution in [0.15, 0.2) is 180 Å². The minimum atomic E-state index is -0.101. The van der Waals surface area contributed by atoms with Crippen LogP contribution in [0.3, 0.4) is 0 Å². The van der Waals surface area contributed by atoms with Crippen molar-refractivity contribution < 1.29 is 4.42 Å². The molecule has 1 aliphatic carbocycles. The van der Waals surface area contributed by atoms with Gasteiger partial charge in [0.1, 0.15) is 11.2 Å². The molecule has 51 heavy (non-hydrogen) atoms. The van der Waals surface area contributed by atoms with E-state index in [-0.39, 0.29) is 5.41 Å². The lowest BCUT2D eigenvalue weighted by atomic mass is 9.82. The van der Waals surface area contributed by atoms with Gasteiger partial charge in [0.15, 0.2) is 0 Å². The fourth-order valence-electron chi connectivity index (χ4n) is 8.28. The molecular weight excluding hydrogens is 619 g/mol. The lowest BCUT2D eigenvalue weighted by molar-refractivity contribution is 0.660. The van der Waals surface area contributed by atoms with Gasteiger partial charge in [-0.2, -0.15) is 0 Å². The molecule has 0 radical (unpaired) electrons. The topological polar surface area (TPSA) is 16.4 Å². The first-order valence-corrected chi connectivity index (χ1v) is 17.7.